The summed E-state index contributed by atoms with van der Waals surface area (Å²) in [5.41, 5.74) is 2.88. The first-order valence-electron chi connectivity index (χ1n) is 9.18. The normalized spacial score (nSPS) is 21.3. The van der Waals surface area contributed by atoms with E-state index in [-0.39, 0.29) is 0 Å². The summed E-state index contributed by atoms with van der Waals surface area (Å²) in [7, 11) is 2.06. The molecule has 3 aromatic heterocycles. The van der Waals surface area contributed by atoms with E-state index >= 15 is 0 Å². The van der Waals surface area contributed by atoms with E-state index in [0.717, 1.165) is 41.4 Å². The number of pyridine rings is 1. The lowest BCUT2D eigenvalue weighted by Crippen LogP contribution is -2.38. The van der Waals surface area contributed by atoms with Gasteiger partial charge in [0, 0.05) is 36.8 Å². The van der Waals surface area contributed by atoms with Gasteiger partial charge in [0.15, 0.2) is 11.5 Å². The number of H-pyrrole nitrogens is 1. The average Bonchev–Trinajstić information content (AvgIpc) is 3.18. The summed E-state index contributed by atoms with van der Waals surface area (Å²) in [6.07, 6.45) is 7.49. The highest BCUT2D eigenvalue weighted by molar-refractivity contribution is 5.88. The minimum atomic E-state index is 0.525. The highest BCUT2D eigenvalue weighted by Crippen LogP contribution is 2.32. The van der Waals surface area contributed by atoms with Crippen molar-refractivity contribution in [3.8, 4) is 11.5 Å². The van der Waals surface area contributed by atoms with Crippen LogP contribution < -0.4 is 5.32 Å². The van der Waals surface area contributed by atoms with Gasteiger partial charge < -0.3 is 9.88 Å². The topological polar surface area (TPSA) is 71.4 Å². The molecular weight excluding hydrogens is 312 g/mol. The van der Waals surface area contributed by atoms with Gasteiger partial charge in [0.2, 0.25) is 0 Å². The largest absolute Gasteiger partial charge is 0.332 e. The number of aryl methyl sites for hydroxylation is 1. The molecule has 1 aliphatic rings. The lowest BCUT2D eigenvalue weighted by Gasteiger charge is -2.30. The molecule has 1 fully saturated rings. The third kappa shape index (κ3) is 3.18. The maximum absolute atomic E-state index is 4.98. The molecule has 2 atom stereocenters. The molecule has 0 amide bonds. The van der Waals surface area contributed by atoms with Crippen LogP contribution in [-0.2, 0) is 7.05 Å². The van der Waals surface area contributed by atoms with E-state index in [9.17, 15) is 0 Å². The summed E-state index contributed by atoms with van der Waals surface area (Å²) in [6, 6.07) is 4.58. The van der Waals surface area contributed by atoms with Crippen molar-refractivity contribution in [2.75, 3.05) is 6.54 Å². The average molecular weight is 338 g/mol. The van der Waals surface area contributed by atoms with Crippen molar-refractivity contribution in [1.29, 1.82) is 0 Å². The van der Waals surface area contributed by atoms with E-state index < -0.39 is 0 Å². The molecule has 4 rings (SSSR count). The van der Waals surface area contributed by atoms with Gasteiger partial charge in [-0.15, -0.1) is 0 Å². The number of fused-ring (bicyclic) bond motifs is 1. The zero-order valence-corrected chi connectivity index (χ0v) is 15.2. The fraction of sp³-hybridized carbons (Fsp3) is 0.526. The molecule has 0 radical (unpaired) electrons. The van der Waals surface area contributed by atoms with Crippen molar-refractivity contribution in [2.24, 2.45) is 13.0 Å². The molecule has 2 N–H and O–H groups in total. The summed E-state index contributed by atoms with van der Waals surface area (Å²) in [6.45, 7) is 5.66. The Morgan fingerprint density at radius 1 is 1.36 bits per heavy atom. The maximum atomic E-state index is 4.98. The Hall–Kier alpha value is -2.21. The van der Waals surface area contributed by atoms with E-state index in [1.54, 1.807) is 6.20 Å². The molecule has 6 nitrogen and oxygen atoms in total. The number of nitrogens with one attached hydrogen (secondary N) is 2. The molecule has 1 saturated heterocycles. The van der Waals surface area contributed by atoms with E-state index in [2.05, 4.69) is 52.2 Å². The van der Waals surface area contributed by atoms with E-state index in [0.29, 0.717) is 12.0 Å². The molecule has 25 heavy (non-hydrogen) atoms. The van der Waals surface area contributed by atoms with Gasteiger partial charge in [-0.25, -0.2) is 9.97 Å². The third-order valence-corrected chi connectivity index (χ3v) is 5.12. The Morgan fingerprint density at radius 3 is 3.08 bits per heavy atom. The summed E-state index contributed by atoms with van der Waals surface area (Å²) >= 11 is 0. The zero-order chi connectivity index (χ0) is 17.4. The summed E-state index contributed by atoms with van der Waals surface area (Å²) < 4.78 is 2.11. The minimum Gasteiger partial charge on any atom is -0.332 e. The lowest BCUT2D eigenvalue weighted by molar-refractivity contribution is 0.317. The molecule has 132 valence electrons. The number of piperidine rings is 1. The van der Waals surface area contributed by atoms with E-state index in [1.807, 2.05) is 12.1 Å². The van der Waals surface area contributed by atoms with Crippen LogP contribution in [0.4, 0.5) is 0 Å². The molecule has 0 saturated carbocycles. The first kappa shape index (κ1) is 16.3. The first-order valence-corrected chi connectivity index (χ1v) is 9.18. The Kier molecular flexibility index (Phi) is 4.29. The van der Waals surface area contributed by atoms with Crippen LogP contribution in [0.5, 0.6) is 0 Å². The van der Waals surface area contributed by atoms with Crippen LogP contribution in [0.25, 0.3) is 22.6 Å². The van der Waals surface area contributed by atoms with Crippen molar-refractivity contribution in [2.45, 2.75) is 45.1 Å². The standard InChI is InChI=1S/C19H26N6/c1-12(2)9-14-10-13(6-8-20-14)16-11-25(3)19(22-16)17-15-5-4-7-21-18(15)24-23-17/h4-5,7,11-14,20H,6,8-10H2,1-3H3,(H,21,23,24)/t13?,14-/m0/s1. The van der Waals surface area contributed by atoms with E-state index in [1.165, 1.54) is 18.5 Å². The third-order valence-electron chi connectivity index (χ3n) is 5.12. The van der Waals surface area contributed by atoms with Crippen LogP contribution in [0.15, 0.2) is 24.5 Å². The van der Waals surface area contributed by atoms with Crippen molar-refractivity contribution in [1.82, 2.24) is 30.0 Å². The van der Waals surface area contributed by atoms with E-state index in [4.69, 9.17) is 4.98 Å². The summed E-state index contributed by atoms with van der Waals surface area (Å²) in [5.74, 6) is 2.18. The molecular formula is C19H26N6. The van der Waals surface area contributed by atoms with Crippen LogP contribution >= 0.6 is 0 Å². The Morgan fingerprint density at radius 2 is 2.24 bits per heavy atom. The molecule has 1 aliphatic heterocycles. The van der Waals surface area contributed by atoms with Crippen molar-refractivity contribution in [3.63, 3.8) is 0 Å². The number of aromatic nitrogens is 5. The van der Waals surface area contributed by atoms with Gasteiger partial charge in [-0.2, -0.15) is 5.10 Å². The van der Waals surface area contributed by atoms with Gasteiger partial charge in [0.1, 0.15) is 5.69 Å². The molecule has 4 heterocycles. The summed E-state index contributed by atoms with van der Waals surface area (Å²) in [4.78, 5) is 9.28. The minimum absolute atomic E-state index is 0.525. The lowest BCUT2D eigenvalue weighted by atomic mass is 9.86. The predicted octanol–water partition coefficient (Wildman–Crippen LogP) is 3.24. The molecule has 3 aromatic rings. The van der Waals surface area contributed by atoms with Gasteiger partial charge in [0.25, 0.3) is 0 Å². The van der Waals surface area contributed by atoms with Crippen molar-refractivity contribution < 1.29 is 0 Å². The van der Waals surface area contributed by atoms with Crippen LogP contribution in [0.1, 0.15) is 44.7 Å². The number of aromatic amines is 1. The Balaban J connectivity index is 1.62. The molecule has 6 heteroatoms. The molecule has 0 bridgehead atoms. The number of imidazole rings is 1. The Labute approximate surface area is 148 Å². The van der Waals surface area contributed by atoms with Gasteiger partial charge in [-0.05, 0) is 43.9 Å². The highest BCUT2D eigenvalue weighted by Gasteiger charge is 2.26. The molecule has 0 aromatic carbocycles. The van der Waals surface area contributed by atoms with Gasteiger partial charge in [-0.3, -0.25) is 5.10 Å². The second-order valence-corrected chi connectivity index (χ2v) is 7.58. The van der Waals surface area contributed by atoms with Gasteiger partial charge >= 0.3 is 0 Å². The molecule has 0 spiro atoms. The molecule has 0 aliphatic carbocycles. The number of hydrogen-bond donors (Lipinski definition) is 2. The maximum Gasteiger partial charge on any atom is 0.181 e. The SMILES string of the molecule is CC(C)C[C@H]1CC(c2cn(C)c(-c3[nH]nc4ncccc34)n2)CCN1. The van der Waals surface area contributed by atoms with Gasteiger partial charge in [-0.1, -0.05) is 13.8 Å². The van der Waals surface area contributed by atoms with Crippen LogP contribution in [0.3, 0.4) is 0 Å². The van der Waals surface area contributed by atoms with Crippen molar-refractivity contribution >= 4 is 11.0 Å². The second-order valence-electron chi connectivity index (χ2n) is 7.58. The monoisotopic (exact) mass is 338 g/mol. The highest BCUT2D eigenvalue weighted by atomic mass is 15.2. The Bertz CT molecular complexity index is 862. The fourth-order valence-corrected chi connectivity index (χ4v) is 3.96. The zero-order valence-electron chi connectivity index (χ0n) is 15.2. The van der Waals surface area contributed by atoms with Crippen LogP contribution in [0, 0.1) is 5.92 Å². The summed E-state index contributed by atoms with van der Waals surface area (Å²) in [5, 5.41) is 12.1. The predicted molar refractivity (Wildman–Crippen MR) is 99.3 cm³/mol. The quantitative estimate of drug-likeness (QED) is 0.766. The number of nitrogens with zero attached hydrogens (tertiary/aromatic N) is 4. The smallest absolute Gasteiger partial charge is 0.181 e. The second kappa shape index (κ2) is 6.59. The van der Waals surface area contributed by atoms with Crippen LogP contribution in [-0.4, -0.2) is 37.3 Å². The number of hydrogen-bond acceptors (Lipinski definition) is 4. The number of rotatable bonds is 4. The van der Waals surface area contributed by atoms with Crippen LogP contribution in [0.2, 0.25) is 0 Å². The van der Waals surface area contributed by atoms with Crippen molar-refractivity contribution in [3.05, 3.63) is 30.2 Å². The van der Waals surface area contributed by atoms with Gasteiger partial charge in [0.05, 0.1) is 5.69 Å². The fourth-order valence-electron chi connectivity index (χ4n) is 3.96. The molecule has 1 unspecified atom stereocenters. The first-order chi connectivity index (χ1) is 12.1.